The number of carbonyl (C=O) groups is 2. The smallest absolute Gasteiger partial charge is 0.326 e. The highest BCUT2D eigenvalue weighted by atomic mass is 16.4. The number of hydrogen-bond acceptors (Lipinski definition) is 2. The van der Waals surface area contributed by atoms with E-state index in [9.17, 15) is 14.7 Å². The summed E-state index contributed by atoms with van der Waals surface area (Å²) in [6.45, 7) is 1.95. The Bertz CT molecular complexity index is 577. The van der Waals surface area contributed by atoms with Gasteiger partial charge in [0.1, 0.15) is 6.04 Å². The van der Waals surface area contributed by atoms with Gasteiger partial charge >= 0.3 is 12.0 Å². The lowest BCUT2D eigenvalue weighted by molar-refractivity contribution is -0.142. The van der Waals surface area contributed by atoms with Crippen molar-refractivity contribution >= 4 is 12.0 Å². The highest BCUT2D eigenvalue weighted by molar-refractivity contribution is 5.84. The van der Waals surface area contributed by atoms with Crippen molar-refractivity contribution in [1.82, 2.24) is 10.2 Å². The van der Waals surface area contributed by atoms with Crippen LogP contribution in [0.1, 0.15) is 18.1 Å². The molecular formula is C15H16N2O3. The molecular weight excluding hydrogens is 256 g/mol. The summed E-state index contributed by atoms with van der Waals surface area (Å²) in [5.41, 5.74) is 1.93. The lowest BCUT2D eigenvalue weighted by Crippen LogP contribution is -2.53. The molecule has 1 aliphatic rings. The first-order valence-electron chi connectivity index (χ1n) is 6.35. The predicted molar refractivity (Wildman–Crippen MR) is 73.9 cm³/mol. The second-order valence-electron chi connectivity index (χ2n) is 4.79. The lowest BCUT2D eigenvalue weighted by atomic mass is 9.94. The number of rotatable bonds is 2. The maximum atomic E-state index is 12.1. The van der Waals surface area contributed by atoms with Crippen LogP contribution < -0.4 is 5.32 Å². The first-order chi connectivity index (χ1) is 9.52. The molecule has 5 heteroatoms. The fourth-order valence-corrected chi connectivity index (χ4v) is 2.27. The molecule has 1 aliphatic heterocycles. The first-order valence-corrected chi connectivity index (χ1v) is 6.35. The summed E-state index contributed by atoms with van der Waals surface area (Å²) >= 11 is 0. The number of hydrogen-bond donors (Lipinski definition) is 2. The summed E-state index contributed by atoms with van der Waals surface area (Å²) in [6.07, 6.45) is 5.53. The number of terminal acetylenes is 1. The Kier molecular flexibility index (Phi) is 3.94. The molecule has 0 saturated carbocycles. The highest BCUT2D eigenvalue weighted by Crippen LogP contribution is 2.23. The first kappa shape index (κ1) is 13.9. The summed E-state index contributed by atoms with van der Waals surface area (Å²) in [6, 6.07) is 5.79. The number of nitrogens with zero attached hydrogens (tertiary/aromatic N) is 1. The lowest BCUT2D eigenvalue weighted by Gasteiger charge is -2.34. The van der Waals surface area contributed by atoms with Gasteiger partial charge in [-0.05, 0) is 18.1 Å². The molecule has 2 rings (SSSR count). The average molecular weight is 272 g/mol. The highest BCUT2D eigenvalue weighted by Gasteiger charge is 2.34. The number of amides is 2. The standard InChI is InChI=1S/C15H16N2O3/c1-3-10(2)16-15(20)17-9-12-7-5-4-6-11(12)8-13(17)14(18)19/h1,4-7,10,13H,8-9H2,2H3,(H,16,20)(H,18,19). The maximum absolute atomic E-state index is 12.1. The minimum atomic E-state index is -1.01. The van der Waals surface area contributed by atoms with Crippen molar-refractivity contribution in [2.45, 2.75) is 32.0 Å². The van der Waals surface area contributed by atoms with Gasteiger partial charge in [0.2, 0.25) is 0 Å². The molecule has 0 saturated heterocycles. The zero-order chi connectivity index (χ0) is 14.7. The van der Waals surface area contributed by atoms with Gasteiger partial charge in [0.15, 0.2) is 0 Å². The predicted octanol–water partition coefficient (Wildman–Crippen LogP) is 1.23. The third-order valence-electron chi connectivity index (χ3n) is 3.38. The zero-order valence-corrected chi connectivity index (χ0v) is 11.2. The molecule has 104 valence electrons. The molecule has 1 aromatic rings. The number of carbonyl (C=O) groups excluding carboxylic acids is 1. The van der Waals surface area contributed by atoms with Crippen molar-refractivity contribution in [1.29, 1.82) is 0 Å². The van der Waals surface area contributed by atoms with Crippen LogP contribution in [0.25, 0.3) is 0 Å². The molecule has 0 spiro atoms. The van der Waals surface area contributed by atoms with E-state index in [2.05, 4.69) is 11.2 Å². The van der Waals surface area contributed by atoms with E-state index in [-0.39, 0.29) is 6.54 Å². The Labute approximate surface area is 117 Å². The molecule has 2 amide bonds. The number of carboxylic acid groups (broad SMARTS) is 1. The van der Waals surface area contributed by atoms with Crippen LogP contribution in [-0.4, -0.2) is 34.1 Å². The summed E-state index contributed by atoms with van der Waals surface area (Å²) < 4.78 is 0. The molecule has 0 fully saturated rings. The molecule has 0 aromatic heterocycles. The molecule has 2 N–H and O–H groups in total. The third kappa shape index (κ3) is 2.75. The summed E-state index contributed by atoms with van der Waals surface area (Å²) in [5.74, 6) is 1.38. The fourth-order valence-electron chi connectivity index (χ4n) is 2.27. The molecule has 0 radical (unpaired) electrons. The van der Waals surface area contributed by atoms with E-state index in [0.29, 0.717) is 6.42 Å². The molecule has 2 atom stereocenters. The largest absolute Gasteiger partial charge is 0.480 e. The van der Waals surface area contributed by atoms with Crippen LogP contribution >= 0.6 is 0 Å². The number of benzene rings is 1. The minimum Gasteiger partial charge on any atom is -0.480 e. The summed E-state index contributed by atoms with van der Waals surface area (Å²) in [7, 11) is 0. The van der Waals surface area contributed by atoms with Crippen molar-refractivity contribution in [3.63, 3.8) is 0 Å². The average Bonchev–Trinajstić information content (AvgIpc) is 2.45. The Hall–Kier alpha value is -2.48. The molecule has 0 aliphatic carbocycles. The molecule has 2 unspecified atom stereocenters. The van der Waals surface area contributed by atoms with Gasteiger partial charge in [-0.15, -0.1) is 6.42 Å². The van der Waals surface area contributed by atoms with Crippen LogP contribution in [0.4, 0.5) is 4.79 Å². The third-order valence-corrected chi connectivity index (χ3v) is 3.38. The van der Waals surface area contributed by atoms with Crippen LogP contribution in [0, 0.1) is 12.3 Å². The molecule has 5 nitrogen and oxygen atoms in total. The van der Waals surface area contributed by atoms with E-state index < -0.39 is 24.1 Å². The molecule has 0 bridgehead atoms. The van der Waals surface area contributed by atoms with Gasteiger partial charge in [-0.25, -0.2) is 9.59 Å². The monoisotopic (exact) mass is 272 g/mol. The quantitative estimate of drug-likeness (QED) is 0.796. The van der Waals surface area contributed by atoms with Crippen molar-refractivity contribution in [2.75, 3.05) is 0 Å². The van der Waals surface area contributed by atoms with E-state index >= 15 is 0 Å². The van der Waals surface area contributed by atoms with E-state index in [1.807, 2.05) is 24.3 Å². The zero-order valence-electron chi connectivity index (χ0n) is 11.2. The maximum Gasteiger partial charge on any atom is 0.326 e. The second-order valence-corrected chi connectivity index (χ2v) is 4.79. The molecule has 1 aromatic carbocycles. The van der Waals surface area contributed by atoms with Gasteiger partial charge in [0.25, 0.3) is 0 Å². The Morgan fingerprint density at radius 3 is 2.70 bits per heavy atom. The van der Waals surface area contributed by atoms with Crippen molar-refractivity contribution in [3.05, 3.63) is 35.4 Å². The summed E-state index contributed by atoms with van der Waals surface area (Å²) in [4.78, 5) is 24.8. The number of nitrogens with one attached hydrogen (secondary N) is 1. The number of urea groups is 1. The van der Waals surface area contributed by atoms with Crippen LogP contribution in [0.5, 0.6) is 0 Å². The van der Waals surface area contributed by atoms with Gasteiger partial charge in [-0.3, -0.25) is 0 Å². The van der Waals surface area contributed by atoms with Crippen LogP contribution in [0.15, 0.2) is 24.3 Å². The van der Waals surface area contributed by atoms with Gasteiger partial charge in [0, 0.05) is 13.0 Å². The summed E-state index contributed by atoms with van der Waals surface area (Å²) in [5, 5.41) is 11.9. The normalized spacial score (nSPS) is 18.6. The Balaban J connectivity index is 2.25. The molecule has 1 heterocycles. The number of aliphatic carboxylic acids is 1. The number of carboxylic acids is 1. The fraction of sp³-hybridized carbons (Fsp3) is 0.333. The second kappa shape index (κ2) is 5.66. The Morgan fingerprint density at radius 2 is 2.10 bits per heavy atom. The van der Waals surface area contributed by atoms with Crippen LogP contribution in [-0.2, 0) is 17.8 Å². The Morgan fingerprint density at radius 1 is 1.45 bits per heavy atom. The SMILES string of the molecule is C#CC(C)NC(=O)N1Cc2ccccc2CC1C(=O)O. The van der Waals surface area contributed by atoms with Crippen molar-refractivity contribution < 1.29 is 14.7 Å². The van der Waals surface area contributed by atoms with Gasteiger partial charge in [-0.1, -0.05) is 30.2 Å². The minimum absolute atomic E-state index is 0.274. The van der Waals surface area contributed by atoms with Gasteiger partial charge < -0.3 is 15.3 Å². The van der Waals surface area contributed by atoms with E-state index in [1.165, 1.54) is 4.90 Å². The van der Waals surface area contributed by atoms with Crippen molar-refractivity contribution in [3.8, 4) is 12.3 Å². The van der Waals surface area contributed by atoms with E-state index in [0.717, 1.165) is 11.1 Å². The van der Waals surface area contributed by atoms with Crippen LogP contribution in [0.3, 0.4) is 0 Å². The topological polar surface area (TPSA) is 69.6 Å². The van der Waals surface area contributed by atoms with Gasteiger partial charge in [-0.2, -0.15) is 0 Å². The van der Waals surface area contributed by atoms with Gasteiger partial charge in [0.05, 0.1) is 6.04 Å². The van der Waals surface area contributed by atoms with Crippen LogP contribution in [0.2, 0.25) is 0 Å². The molecule has 20 heavy (non-hydrogen) atoms. The number of fused-ring (bicyclic) bond motifs is 1. The van der Waals surface area contributed by atoms with Crippen molar-refractivity contribution in [2.24, 2.45) is 0 Å². The van der Waals surface area contributed by atoms with E-state index in [4.69, 9.17) is 6.42 Å². The van der Waals surface area contributed by atoms with E-state index in [1.54, 1.807) is 6.92 Å².